The third-order valence-corrected chi connectivity index (χ3v) is 5.61. The van der Waals surface area contributed by atoms with Gasteiger partial charge in [0.05, 0.1) is 62.6 Å². The number of esters is 1. The van der Waals surface area contributed by atoms with E-state index in [0.29, 0.717) is 63.3 Å². The van der Waals surface area contributed by atoms with Gasteiger partial charge in [0.2, 0.25) is 0 Å². The van der Waals surface area contributed by atoms with Crippen molar-refractivity contribution >= 4 is 5.97 Å². The van der Waals surface area contributed by atoms with Crippen molar-refractivity contribution in [2.75, 3.05) is 46.2 Å². The van der Waals surface area contributed by atoms with Gasteiger partial charge in [0.1, 0.15) is 11.5 Å². The van der Waals surface area contributed by atoms with Gasteiger partial charge in [-0.05, 0) is 31.9 Å². The Morgan fingerprint density at radius 2 is 1.37 bits per heavy atom. The van der Waals surface area contributed by atoms with E-state index in [4.69, 9.17) is 23.7 Å². The van der Waals surface area contributed by atoms with Gasteiger partial charge in [-0.2, -0.15) is 0 Å². The van der Waals surface area contributed by atoms with Gasteiger partial charge in [-0.15, -0.1) is 0 Å². The molecule has 0 amide bonds. The van der Waals surface area contributed by atoms with E-state index in [1.54, 1.807) is 19.1 Å². The Kier molecular flexibility index (Phi) is 6.27. The van der Waals surface area contributed by atoms with Crippen molar-refractivity contribution in [1.82, 2.24) is 0 Å². The lowest BCUT2D eigenvalue weighted by atomic mass is 9.84. The lowest BCUT2D eigenvalue weighted by Gasteiger charge is -2.40. The van der Waals surface area contributed by atoms with Crippen LogP contribution in [0.2, 0.25) is 0 Å². The Morgan fingerprint density at radius 3 is 1.70 bits per heavy atom. The summed E-state index contributed by atoms with van der Waals surface area (Å²) >= 11 is 0. The molecule has 0 radical (unpaired) electrons. The molecule has 2 saturated heterocycles. The van der Waals surface area contributed by atoms with Crippen LogP contribution in [0.15, 0.2) is 18.2 Å². The molecule has 3 rings (SSSR count). The van der Waals surface area contributed by atoms with Gasteiger partial charge < -0.3 is 23.7 Å². The average molecular weight is 378 g/mol. The monoisotopic (exact) mass is 378 g/mol. The second-order valence-corrected chi connectivity index (χ2v) is 7.68. The summed E-state index contributed by atoms with van der Waals surface area (Å²) in [5, 5.41) is 0. The molecule has 2 aliphatic heterocycles. The molecule has 27 heavy (non-hydrogen) atoms. The van der Waals surface area contributed by atoms with Crippen LogP contribution in [0, 0.1) is 10.8 Å². The van der Waals surface area contributed by atoms with Gasteiger partial charge in [0.25, 0.3) is 0 Å². The summed E-state index contributed by atoms with van der Waals surface area (Å²) in [5.74, 6) is 0.860. The van der Waals surface area contributed by atoms with Gasteiger partial charge in [-0.1, -0.05) is 13.8 Å². The molecular formula is C21H30O6. The van der Waals surface area contributed by atoms with Crippen LogP contribution in [0.4, 0.5) is 0 Å². The minimum Gasteiger partial charge on any atom is -0.493 e. The molecule has 1 aromatic carbocycles. The van der Waals surface area contributed by atoms with Gasteiger partial charge >= 0.3 is 5.97 Å². The molecule has 1 aromatic rings. The number of benzene rings is 1. The van der Waals surface area contributed by atoms with Crippen LogP contribution < -0.4 is 9.47 Å². The molecule has 0 bridgehead atoms. The fraction of sp³-hybridized carbons (Fsp3) is 0.667. The SMILES string of the molecule is CCOC(=O)c1cc(OCC2(CC)COC2)cc(OCC2(CC)COC2)c1. The quantitative estimate of drug-likeness (QED) is 0.581. The Balaban J connectivity index is 1.72. The predicted octanol–water partition coefficient (Wildman–Crippen LogP) is 3.47. The largest absolute Gasteiger partial charge is 0.493 e. The molecule has 2 fully saturated rings. The lowest BCUT2D eigenvalue weighted by molar-refractivity contribution is -0.134. The highest BCUT2D eigenvalue weighted by atomic mass is 16.5. The van der Waals surface area contributed by atoms with Gasteiger partial charge in [-0.25, -0.2) is 4.79 Å². The lowest BCUT2D eigenvalue weighted by Crippen LogP contribution is -2.46. The number of rotatable bonds is 10. The maximum atomic E-state index is 12.2. The Labute approximate surface area is 161 Å². The molecule has 0 N–H and O–H groups in total. The summed E-state index contributed by atoms with van der Waals surface area (Å²) in [6.45, 7) is 10.4. The summed E-state index contributed by atoms with van der Waals surface area (Å²) < 4.78 is 27.9. The predicted molar refractivity (Wildman–Crippen MR) is 100 cm³/mol. The van der Waals surface area contributed by atoms with Crippen molar-refractivity contribution in [3.05, 3.63) is 23.8 Å². The zero-order valence-corrected chi connectivity index (χ0v) is 16.5. The molecule has 0 aromatic heterocycles. The summed E-state index contributed by atoms with van der Waals surface area (Å²) in [6, 6.07) is 5.28. The Hall–Kier alpha value is -1.79. The van der Waals surface area contributed by atoms with Gasteiger partial charge in [0, 0.05) is 6.07 Å². The highest BCUT2D eigenvalue weighted by Gasteiger charge is 2.38. The zero-order chi connectivity index (χ0) is 19.3. The number of hydrogen-bond acceptors (Lipinski definition) is 6. The van der Waals surface area contributed by atoms with E-state index in [1.807, 2.05) is 6.07 Å². The topological polar surface area (TPSA) is 63.2 Å². The first-order valence-corrected chi connectivity index (χ1v) is 9.77. The molecule has 0 unspecified atom stereocenters. The van der Waals surface area contributed by atoms with Crippen LogP contribution in [0.1, 0.15) is 44.0 Å². The third-order valence-electron chi connectivity index (χ3n) is 5.61. The summed E-state index contributed by atoms with van der Waals surface area (Å²) in [5.41, 5.74) is 0.572. The number of ether oxygens (including phenoxy) is 5. The number of carbonyl (C=O) groups excluding carboxylic acids is 1. The van der Waals surface area contributed by atoms with Crippen LogP contribution in [0.25, 0.3) is 0 Å². The van der Waals surface area contributed by atoms with E-state index in [9.17, 15) is 4.79 Å². The number of hydrogen-bond donors (Lipinski definition) is 0. The second kappa shape index (κ2) is 8.48. The van der Waals surface area contributed by atoms with Crippen LogP contribution in [0.5, 0.6) is 11.5 Å². The normalized spacial score (nSPS) is 19.5. The molecule has 150 valence electrons. The third kappa shape index (κ3) is 4.55. The van der Waals surface area contributed by atoms with E-state index in [0.717, 1.165) is 12.8 Å². The molecule has 0 aliphatic carbocycles. The van der Waals surface area contributed by atoms with Crippen molar-refractivity contribution in [1.29, 1.82) is 0 Å². The zero-order valence-electron chi connectivity index (χ0n) is 16.5. The van der Waals surface area contributed by atoms with Crippen molar-refractivity contribution in [2.24, 2.45) is 10.8 Å². The minimum absolute atomic E-state index is 0.0660. The molecule has 0 saturated carbocycles. The van der Waals surface area contributed by atoms with Crippen LogP contribution in [-0.2, 0) is 14.2 Å². The smallest absolute Gasteiger partial charge is 0.338 e. The van der Waals surface area contributed by atoms with Crippen molar-refractivity contribution in [3.8, 4) is 11.5 Å². The fourth-order valence-corrected chi connectivity index (χ4v) is 3.10. The molecule has 6 nitrogen and oxygen atoms in total. The van der Waals surface area contributed by atoms with E-state index in [2.05, 4.69) is 13.8 Å². The summed E-state index contributed by atoms with van der Waals surface area (Å²) in [6.07, 6.45) is 1.99. The van der Waals surface area contributed by atoms with Crippen molar-refractivity contribution in [2.45, 2.75) is 33.6 Å². The van der Waals surface area contributed by atoms with Gasteiger partial charge in [0.15, 0.2) is 0 Å². The van der Waals surface area contributed by atoms with E-state index < -0.39 is 0 Å². The van der Waals surface area contributed by atoms with E-state index in [-0.39, 0.29) is 16.8 Å². The highest BCUT2D eigenvalue weighted by molar-refractivity contribution is 5.90. The highest BCUT2D eigenvalue weighted by Crippen LogP contribution is 2.35. The minimum atomic E-state index is -0.373. The Bertz CT molecular complexity index is 593. The standard InChI is InChI=1S/C21H30O6/c1-4-20(10-23-11-20)14-26-17-7-16(19(22)25-6-3)8-18(9-17)27-15-21(5-2)12-24-13-21/h7-9H,4-6,10-15H2,1-3H3. The van der Waals surface area contributed by atoms with E-state index in [1.165, 1.54) is 0 Å². The van der Waals surface area contributed by atoms with Crippen LogP contribution >= 0.6 is 0 Å². The summed E-state index contributed by atoms with van der Waals surface area (Å²) in [7, 11) is 0. The second-order valence-electron chi connectivity index (χ2n) is 7.68. The molecule has 0 atom stereocenters. The first-order valence-electron chi connectivity index (χ1n) is 9.77. The van der Waals surface area contributed by atoms with Gasteiger partial charge in [-0.3, -0.25) is 0 Å². The Morgan fingerprint density at radius 1 is 0.889 bits per heavy atom. The van der Waals surface area contributed by atoms with Crippen LogP contribution in [0.3, 0.4) is 0 Å². The first-order chi connectivity index (χ1) is 13.0. The molecular weight excluding hydrogens is 348 g/mol. The molecule has 2 heterocycles. The maximum absolute atomic E-state index is 12.2. The maximum Gasteiger partial charge on any atom is 0.338 e. The first kappa shape index (κ1) is 20.0. The fourth-order valence-electron chi connectivity index (χ4n) is 3.10. The van der Waals surface area contributed by atoms with Crippen LogP contribution in [-0.4, -0.2) is 52.2 Å². The average Bonchev–Trinajstić information content (AvgIpc) is 2.61. The molecule has 6 heteroatoms. The molecule has 0 spiro atoms. The van der Waals surface area contributed by atoms with E-state index >= 15 is 0 Å². The van der Waals surface area contributed by atoms with Crippen molar-refractivity contribution < 1.29 is 28.5 Å². The number of carbonyl (C=O) groups is 1. The molecule has 2 aliphatic rings. The van der Waals surface area contributed by atoms with Crippen molar-refractivity contribution in [3.63, 3.8) is 0 Å². The summed E-state index contributed by atoms with van der Waals surface area (Å²) in [4.78, 5) is 12.2.